The number of hydrogen-bond donors (Lipinski definition) is 1. The molecule has 1 atom stereocenters. The van der Waals surface area contributed by atoms with Gasteiger partial charge in [0.1, 0.15) is 0 Å². The zero-order valence-corrected chi connectivity index (χ0v) is 10.4. The third-order valence-electron chi connectivity index (χ3n) is 3.41. The molecule has 1 nitrogen and oxygen atoms in total. The summed E-state index contributed by atoms with van der Waals surface area (Å²) in [5.74, 6) is 3.62. The van der Waals surface area contributed by atoms with Crippen LogP contribution in [0.15, 0.2) is 16.8 Å². The lowest BCUT2D eigenvalue weighted by molar-refractivity contribution is 0.305. The smallest absolute Gasteiger partial charge is 0.0718 e. The second-order valence-corrected chi connectivity index (χ2v) is 5.33. The van der Waals surface area contributed by atoms with E-state index in [-0.39, 0.29) is 6.04 Å². The van der Waals surface area contributed by atoms with Gasteiger partial charge in [-0.05, 0) is 41.1 Å². The van der Waals surface area contributed by atoms with Crippen molar-refractivity contribution in [1.29, 1.82) is 0 Å². The minimum atomic E-state index is 0.264. The molecule has 1 N–H and O–H groups in total. The molecule has 1 unspecified atom stereocenters. The molecule has 0 saturated heterocycles. The van der Waals surface area contributed by atoms with Crippen LogP contribution in [0.2, 0.25) is 0 Å². The van der Waals surface area contributed by atoms with Crippen LogP contribution in [-0.4, -0.2) is 6.04 Å². The average Bonchev–Trinajstić information content (AvgIpc) is 2.84. The molecule has 1 saturated carbocycles. The summed E-state index contributed by atoms with van der Waals surface area (Å²) in [5, 5.41) is 7.81. The molecular formula is C14H19NS. The van der Waals surface area contributed by atoms with Crippen molar-refractivity contribution >= 4 is 11.3 Å². The maximum absolute atomic E-state index is 5.63. The van der Waals surface area contributed by atoms with Gasteiger partial charge in [0.05, 0.1) is 6.04 Å². The summed E-state index contributed by atoms with van der Waals surface area (Å²) in [6, 6.07) is 2.42. The Bertz CT molecular complexity index is 330. The van der Waals surface area contributed by atoms with Crippen LogP contribution in [0.1, 0.15) is 37.7 Å². The second kappa shape index (κ2) is 6.08. The highest BCUT2D eigenvalue weighted by Crippen LogP contribution is 2.26. The summed E-state index contributed by atoms with van der Waals surface area (Å²) >= 11 is 1.74. The average molecular weight is 233 g/mol. The highest BCUT2D eigenvalue weighted by atomic mass is 32.1. The predicted octanol–water partition coefficient (Wildman–Crippen LogP) is 3.42. The highest BCUT2D eigenvalue weighted by molar-refractivity contribution is 7.07. The Morgan fingerprint density at radius 2 is 2.25 bits per heavy atom. The molecule has 2 rings (SSSR count). The van der Waals surface area contributed by atoms with Crippen molar-refractivity contribution in [2.75, 3.05) is 0 Å². The molecule has 1 heterocycles. The van der Waals surface area contributed by atoms with E-state index in [0.29, 0.717) is 5.92 Å². The van der Waals surface area contributed by atoms with Crippen LogP contribution in [0.3, 0.4) is 0 Å². The van der Waals surface area contributed by atoms with E-state index in [1.54, 1.807) is 11.3 Å². The van der Waals surface area contributed by atoms with Crippen LogP contribution in [0.5, 0.6) is 0 Å². The van der Waals surface area contributed by atoms with Gasteiger partial charge in [-0.1, -0.05) is 25.2 Å². The lowest BCUT2D eigenvalue weighted by Crippen LogP contribution is -2.35. The van der Waals surface area contributed by atoms with Crippen LogP contribution in [0.4, 0.5) is 0 Å². The third-order valence-corrected chi connectivity index (χ3v) is 4.14. The number of rotatable bonds is 4. The van der Waals surface area contributed by atoms with E-state index in [4.69, 9.17) is 6.42 Å². The largest absolute Gasteiger partial charge is 0.299 e. The Morgan fingerprint density at radius 3 is 2.88 bits per heavy atom. The normalized spacial score (nSPS) is 19.2. The first-order chi connectivity index (χ1) is 7.90. The van der Waals surface area contributed by atoms with E-state index in [1.807, 2.05) is 0 Å². The fraction of sp³-hybridized carbons (Fsp3) is 0.571. The first kappa shape index (κ1) is 11.7. The van der Waals surface area contributed by atoms with E-state index in [1.165, 1.54) is 37.7 Å². The summed E-state index contributed by atoms with van der Waals surface area (Å²) < 4.78 is 0. The van der Waals surface area contributed by atoms with Gasteiger partial charge in [-0.2, -0.15) is 11.3 Å². The molecule has 0 amide bonds. The molecule has 1 aromatic heterocycles. The van der Waals surface area contributed by atoms with Gasteiger partial charge < -0.3 is 0 Å². The molecular weight excluding hydrogens is 214 g/mol. The van der Waals surface area contributed by atoms with Crippen LogP contribution in [-0.2, 0) is 6.54 Å². The van der Waals surface area contributed by atoms with E-state index in [2.05, 4.69) is 28.1 Å². The lowest BCUT2D eigenvalue weighted by atomic mass is 9.84. The molecule has 0 bridgehead atoms. The van der Waals surface area contributed by atoms with Gasteiger partial charge in [-0.3, -0.25) is 5.32 Å². The van der Waals surface area contributed by atoms with Crippen molar-refractivity contribution in [3.63, 3.8) is 0 Å². The van der Waals surface area contributed by atoms with Gasteiger partial charge in [0, 0.05) is 6.54 Å². The van der Waals surface area contributed by atoms with E-state index < -0.39 is 0 Å². The van der Waals surface area contributed by atoms with Crippen molar-refractivity contribution < 1.29 is 0 Å². The minimum Gasteiger partial charge on any atom is -0.299 e. The monoisotopic (exact) mass is 233 g/mol. The molecule has 1 aromatic rings. The Balaban J connectivity index is 1.83. The Hall–Kier alpha value is -0.780. The van der Waals surface area contributed by atoms with Crippen molar-refractivity contribution in [1.82, 2.24) is 5.32 Å². The summed E-state index contributed by atoms with van der Waals surface area (Å²) in [6.45, 7) is 0.912. The SMILES string of the molecule is C#CC(NCc1ccsc1)C1CCCCC1. The van der Waals surface area contributed by atoms with Crippen molar-refractivity contribution in [2.45, 2.75) is 44.7 Å². The molecule has 0 spiro atoms. The summed E-state index contributed by atoms with van der Waals surface area (Å²) in [7, 11) is 0. The molecule has 0 radical (unpaired) electrons. The molecule has 1 aliphatic carbocycles. The van der Waals surface area contributed by atoms with Gasteiger partial charge in [-0.15, -0.1) is 6.42 Å². The van der Waals surface area contributed by atoms with Crippen molar-refractivity contribution in [3.8, 4) is 12.3 Å². The summed E-state index contributed by atoms with van der Waals surface area (Å²) in [4.78, 5) is 0. The number of nitrogens with one attached hydrogen (secondary N) is 1. The lowest BCUT2D eigenvalue weighted by Gasteiger charge is -2.27. The molecule has 86 valence electrons. The Kier molecular flexibility index (Phi) is 4.44. The molecule has 0 aromatic carbocycles. The van der Waals surface area contributed by atoms with Crippen molar-refractivity contribution in [2.24, 2.45) is 5.92 Å². The molecule has 2 heteroatoms. The number of hydrogen-bond acceptors (Lipinski definition) is 2. The van der Waals surface area contributed by atoms with Crippen LogP contribution in [0, 0.1) is 18.3 Å². The number of terminal acetylenes is 1. The molecule has 16 heavy (non-hydrogen) atoms. The molecule has 0 aliphatic heterocycles. The van der Waals surface area contributed by atoms with Gasteiger partial charge >= 0.3 is 0 Å². The topological polar surface area (TPSA) is 12.0 Å². The molecule has 1 aliphatic rings. The second-order valence-electron chi connectivity index (χ2n) is 4.55. The summed E-state index contributed by atoms with van der Waals surface area (Å²) in [6.07, 6.45) is 12.3. The zero-order valence-electron chi connectivity index (χ0n) is 9.61. The third kappa shape index (κ3) is 3.10. The van der Waals surface area contributed by atoms with Gasteiger partial charge in [-0.25, -0.2) is 0 Å². The minimum absolute atomic E-state index is 0.264. The van der Waals surface area contributed by atoms with Gasteiger partial charge in [0.15, 0.2) is 0 Å². The zero-order chi connectivity index (χ0) is 11.2. The maximum atomic E-state index is 5.63. The quantitative estimate of drug-likeness (QED) is 0.786. The molecule has 1 fully saturated rings. The Morgan fingerprint density at radius 1 is 1.44 bits per heavy atom. The van der Waals surface area contributed by atoms with Gasteiger partial charge in [0.2, 0.25) is 0 Å². The Labute approximate surface area is 102 Å². The first-order valence-corrected chi connectivity index (χ1v) is 7.05. The first-order valence-electron chi connectivity index (χ1n) is 6.11. The highest BCUT2D eigenvalue weighted by Gasteiger charge is 2.21. The van der Waals surface area contributed by atoms with E-state index >= 15 is 0 Å². The van der Waals surface area contributed by atoms with Crippen LogP contribution < -0.4 is 5.32 Å². The van der Waals surface area contributed by atoms with Crippen molar-refractivity contribution in [3.05, 3.63) is 22.4 Å². The van der Waals surface area contributed by atoms with Crippen LogP contribution >= 0.6 is 11.3 Å². The predicted molar refractivity (Wildman–Crippen MR) is 70.4 cm³/mol. The summed E-state index contributed by atoms with van der Waals surface area (Å²) in [5.41, 5.74) is 1.35. The standard InChI is InChI=1S/C14H19NS/c1-2-14(13-6-4-3-5-7-13)15-10-12-8-9-16-11-12/h1,8-9,11,13-15H,3-7,10H2. The van der Waals surface area contributed by atoms with E-state index in [0.717, 1.165) is 6.54 Å². The van der Waals surface area contributed by atoms with Crippen LogP contribution in [0.25, 0.3) is 0 Å². The van der Waals surface area contributed by atoms with Gasteiger partial charge in [0.25, 0.3) is 0 Å². The fourth-order valence-electron chi connectivity index (χ4n) is 2.45. The van der Waals surface area contributed by atoms with E-state index in [9.17, 15) is 0 Å². The fourth-order valence-corrected chi connectivity index (χ4v) is 3.12. The number of thiophene rings is 1. The maximum Gasteiger partial charge on any atom is 0.0718 e.